The summed E-state index contributed by atoms with van der Waals surface area (Å²) in [7, 11) is 0. The molecule has 0 fully saturated rings. The van der Waals surface area contributed by atoms with Crippen molar-refractivity contribution >= 4 is 5.97 Å². The number of hydrogen-bond donors (Lipinski definition) is 2. The highest BCUT2D eigenvalue weighted by molar-refractivity contribution is 5.72. The van der Waals surface area contributed by atoms with Crippen LogP contribution in [0.15, 0.2) is 24.3 Å². The van der Waals surface area contributed by atoms with Crippen LogP contribution < -0.4 is 0 Å². The molecular formula is C17H24O3. The van der Waals surface area contributed by atoms with Gasteiger partial charge >= 0.3 is 5.97 Å². The minimum atomic E-state index is -1.22. The molecule has 0 radical (unpaired) electrons. The van der Waals surface area contributed by atoms with E-state index in [0.29, 0.717) is 18.8 Å². The molecule has 0 spiro atoms. The van der Waals surface area contributed by atoms with Crippen LogP contribution in [0, 0.1) is 5.92 Å². The highest BCUT2D eigenvalue weighted by Crippen LogP contribution is 2.46. The number of hydrogen-bond acceptors (Lipinski definition) is 2. The van der Waals surface area contributed by atoms with Gasteiger partial charge in [0.05, 0.1) is 5.92 Å². The van der Waals surface area contributed by atoms with E-state index in [1.54, 1.807) is 0 Å². The third-order valence-corrected chi connectivity index (χ3v) is 4.64. The molecule has 1 aromatic rings. The van der Waals surface area contributed by atoms with E-state index in [2.05, 4.69) is 6.92 Å². The average Bonchev–Trinajstić information content (AvgIpc) is 2.44. The minimum Gasteiger partial charge on any atom is -0.481 e. The first-order valence-corrected chi connectivity index (χ1v) is 7.55. The molecule has 20 heavy (non-hydrogen) atoms. The lowest BCUT2D eigenvalue weighted by Crippen LogP contribution is -2.43. The standard InChI is InChI=1S/C17H24O3/c1-3-4-8-15(16(18)19)17(20)11-10-12(2)13-7-5-6-9-14(13)17/h5-7,9,12,15,20H,3-4,8,10-11H2,1-2H3,(H,18,19). The van der Waals surface area contributed by atoms with E-state index in [9.17, 15) is 15.0 Å². The van der Waals surface area contributed by atoms with E-state index in [-0.39, 0.29) is 0 Å². The van der Waals surface area contributed by atoms with Crippen LogP contribution >= 0.6 is 0 Å². The summed E-state index contributed by atoms with van der Waals surface area (Å²) in [6.45, 7) is 4.18. The summed E-state index contributed by atoms with van der Waals surface area (Å²) in [5.41, 5.74) is 0.704. The maximum atomic E-state index is 11.6. The molecule has 3 nitrogen and oxygen atoms in total. The van der Waals surface area contributed by atoms with Crippen molar-refractivity contribution in [1.29, 1.82) is 0 Å². The molecule has 1 aliphatic carbocycles. The zero-order valence-corrected chi connectivity index (χ0v) is 12.3. The molecule has 3 unspecified atom stereocenters. The Bertz CT molecular complexity index is 483. The SMILES string of the molecule is CCCCC(C(=O)O)C1(O)CCC(C)c2ccccc21. The molecule has 3 atom stereocenters. The van der Waals surface area contributed by atoms with Crippen molar-refractivity contribution in [3.63, 3.8) is 0 Å². The van der Waals surface area contributed by atoms with Crippen LogP contribution in [0.3, 0.4) is 0 Å². The minimum absolute atomic E-state index is 0.382. The number of carboxylic acid groups (broad SMARTS) is 1. The number of carbonyl (C=O) groups is 1. The summed E-state index contributed by atoms with van der Waals surface area (Å²) in [6.07, 6.45) is 3.68. The Morgan fingerprint density at radius 1 is 1.45 bits per heavy atom. The molecule has 1 aliphatic rings. The molecule has 0 aromatic heterocycles. The van der Waals surface area contributed by atoms with Gasteiger partial charge in [-0.25, -0.2) is 0 Å². The fraction of sp³-hybridized carbons (Fsp3) is 0.588. The van der Waals surface area contributed by atoms with Gasteiger partial charge in [-0.05, 0) is 36.3 Å². The quantitative estimate of drug-likeness (QED) is 0.862. The first kappa shape index (κ1) is 15.0. The van der Waals surface area contributed by atoms with Gasteiger partial charge in [-0.15, -0.1) is 0 Å². The molecule has 0 aliphatic heterocycles. The Hall–Kier alpha value is -1.35. The highest BCUT2D eigenvalue weighted by atomic mass is 16.4. The number of carboxylic acids is 1. The normalized spacial score (nSPS) is 26.9. The fourth-order valence-electron chi connectivity index (χ4n) is 3.38. The van der Waals surface area contributed by atoms with Crippen molar-refractivity contribution in [1.82, 2.24) is 0 Å². The molecule has 0 saturated carbocycles. The zero-order valence-electron chi connectivity index (χ0n) is 12.3. The van der Waals surface area contributed by atoms with Crippen molar-refractivity contribution < 1.29 is 15.0 Å². The number of aliphatic hydroxyl groups is 1. The second-order valence-electron chi connectivity index (χ2n) is 5.98. The molecule has 0 saturated heterocycles. The van der Waals surface area contributed by atoms with Crippen molar-refractivity contribution in [2.24, 2.45) is 5.92 Å². The smallest absolute Gasteiger partial charge is 0.309 e. The molecule has 110 valence electrons. The molecule has 2 N–H and O–H groups in total. The van der Waals surface area contributed by atoms with Gasteiger partial charge in [-0.3, -0.25) is 4.79 Å². The third kappa shape index (κ3) is 2.59. The fourth-order valence-corrected chi connectivity index (χ4v) is 3.38. The Morgan fingerprint density at radius 3 is 2.80 bits per heavy atom. The van der Waals surface area contributed by atoms with Crippen LogP contribution in [-0.2, 0) is 10.4 Å². The van der Waals surface area contributed by atoms with Crippen LogP contribution in [0.5, 0.6) is 0 Å². The lowest BCUT2D eigenvalue weighted by atomic mass is 9.67. The van der Waals surface area contributed by atoms with Gasteiger partial charge in [0.15, 0.2) is 0 Å². The van der Waals surface area contributed by atoms with Crippen LogP contribution in [0.25, 0.3) is 0 Å². The monoisotopic (exact) mass is 276 g/mol. The Morgan fingerprint density at radius 2 is 2.15 bits per heavy atom. The van der Waals surface area contributed by atoms with Crippen LogP contribution in [-0.4, -0.2) is 16.2 Å². The van der Waals surface area contributed by atoms with Gasteiger partial charge in [0, 0.05) is 0 Å². The maximum absolute atomic E-state index is 11.6. The Balaban J connectivity index is 2.42. The molecule has 1 aromatic carbocycles. The summed E-state index contributed by atoms with van der Waals surface area (Å²) >= 11 is 0. The lowest BCUT2D eigenvalue weighted by Gasteiger charge is -2.41. The second kappa shape index (κ2) is 5.96. The average molecular weight is 276 g/mol. The van der Waals surface area contributed by atoms with Crippen LogP contribution in [0.2, 0.25) is 0 Å². The van der Waals surface area contributed by atoms with Crippen molar-refractivity contribution in [2.45, 2.75) is 57.5 Å². The highest BCUT2D eigenvalue weighted by Gasteiger charge is 2.46. The van der Waals surface area contributed by atoms with Crippen molar-refractivity contribution in [3.05, 3.63) is 35.4 Å². The van der Waals surface area contributed by atoms with E-state index in [0.717, 1.165) is 30.4 Å². The van der Waals surface area contributed by atoms with Crippen molar-refractivity contribution in [3.8, 4) is 0 Å². The second-order valence-corrected chi connectivity index (χ2v) is 5.98. The molecular weight excluding hydrogens is 252 g/mol. The van der Waals surface area contributed by atoms with E-state index in [1.165, 1.54) is 0 Å². The summed E-state index contributed by atoms with van der Waals surface area (Å²) in [4.78, 5) is 11.6. The Kier molecular flexibility index (Phi) is 4.48. The number of benzene rings is 1. The van der Waals surface area contributed by atoms with E-state index in [1.807, 2.05) is 31.2 Å². The number of unbranched alkanes of at least 4 members (excludes halogenated alkanes) is 1. The zero-order chi connectivity index (χ0) is 14.8. The first-order valence-electron chi connectivity index (χ1n) is 7.55. The van der Waals surface area contributed by atoms with Gasteiger partial charge in [-0.1, -0.05) is 51.0 Å². The van der Waals surface area contributed by atoms with Crippen LogP contribution in [0.4, 0.5) is 0 Å². The molecule has 2 rings (SSSR count). The van der Waals surface area contributed by atoms with Gasteiger partial charge in [-0.2, -0.15) is 0 Å². The molecule has 3 heteroatoms. The van der Waals surface area contributed by atoms with Gasteiger partial charge in [0.1, 0.15) is 5.60 Å². The first-order chi connectivity index (χ1) is 9.50. The lowest BCUT2D eigenvalue weighted by molar-refractivity contribution is -0.155. The molecule has 0 amide bonds. The van der Waals surface area contributed by atoms with Gasteiger partial charge < -0.3 is 10.2 Å². The van der Waals surface area contributed by atoms with E-state index in [4.69, 9.17) is 0 Å². The topological polar surface area (TPSA) is 57.5 Å². The predicted octanol–water partition coefficient (Wildman–Crippen LogP) is 3.66. The summed E-state index contributed by atoms with van der Waals surface area (Å²) < 4.78 is 0. The van der Waals surface area contributed by atoms with E-state index < -0.39 is 17.5 Å². The molecule has 0 heterocycles. The maximum Gasteiger partial charge on any atom is 0.309 e. The Labute approximate surface area is 120 Å². The number of rotatable bonds is 5. The summed E-state index contributed by atoms with van der Waals surface area (Å²) in [6, 6.07) is 7.76. The van der Waals surface area contributed by atoms with Gasteiger partial charge in [0.25, 0.3) is 0 Å². The molecule has 0 bridgehead atoms. The van der Waals surface area contributed by atoms with E-state index >= 15 is 0 Å². The number of aliphatic carboxylic acids is 1. The number of fused-ring (bicyclic) bond motifs is 1. The van der Waals surface area contributed by atoms with Gasteiger partial charge in [0.2, 0.25) is 0 Å². The summed E-state index contributed by atoms with van der Waals surface area (Å²) in [5, 5.41) is 20.7. The predicted molar refractivity (Wildman–Crippen MR) is 78.6 cm³/mol. The van der Waals surface area contributed by atoms with Crippen LogP contribution in [0.1, 0.15) is 63.0 Å². The summed E-state index contributed by atoms with van der Waals surface area (Å²) in [5.74, 6) is -1.21. The van der Waals surface area contributed by atoms with Crippen molar-refractivity contribution in [2.75, 3.05) is 0 Å². The third-order valence-electron chi connectivity index (χ3n) is 4.64. The largest absolute Gasteiger partial charge is 0.481 e.